The van der Waals surface area contributed by atoms with Crippen molar-refractivity contribution in [2.45, 2.75) is 6.54 Å². The van der Waals surface area contributed by atoms with E-state index in [0.717, 1.165) is 11.1 Å². The fourth-order valence-electron chi connectivity index (χ4n) is 2.94. The second-order valence-electron chi connectivity index (χ2n) is 6.86. The van der Waals surface area contributed by atoms with E-state index in [1.807, 2.05) is 6.07 Å². The fraction of sp³-hybridized carbons (Fsp3) is 0.120. The first-order chi connectivity index (χ1) is 15.5. The molecule has 2 N–H and O–H groups in total. The molecule has 6 nitrogen and oxygen atoms in total. The Balaban J connectivity index is 1.58. The number of amides is 2. The van der Waals surface area contributed by atoms with Crippen LogP contribution in [-0.2, 0) is 11.3 Å². The van der Waals surface area contributed by atoms with Gasteiger partial charge < -0.3 is 20.1 Å². The van der Waals surface area contributed by atoms with Gasteiger partial charge in [0.15, 0.2) is 0 Å². The molecule has 164 valence electrons. The van der Waals surface area contributed by atoms with Gasteiger partial charge >= 0.3 is 0 Å². The first-order valence-electron chi connectivity index (χ1n) is 9.81. The quantitative estimate of drug-likeness (QED) is 0.515. The molecule has 0 saturated carbocycles. The summed E-state index contributed by atoms with van der Waals surface area (Å²) in [6.45, 7) is 0.272. The molecule has 0 heterocycles. The van der Waals surface area contributed by atoms with Crippen LogP contribution in [0.15, 0.2) is 72.8 Å². The standard InChI is InChI=1S/C25H23FN2O4/c1-31-22-12-17(13-23(15-22)32-2)9-10-24(29)27-16-18-5-3-8-21(11-18)28-25(30)19-6-4-7-20(26)14-19/h3-15H,16H2,1-2H3,(H,27,29)(H,28,30)/b10-9+. The Morgan fingerprint density at radius 1 is 0.938 bits per heavy atom. The molecule has 0 radical (unpaired) electrons. The van der Waals surface area contributed by atoms with E-state index < -0.39 is 11.7 Å². The van der Waals surface area contributed by atoms with Gasteiger partial charge in [0.05, 0.1) is 14.2 Å². The van der Waals surface area contributed by atoms with E-state index in [-0.39, 0.29) is 18.0 Å². The summed E-state index contributed by atoms with van der Waals surface area (Å²) in [6.07, 6.45) is 3.08. The van der Waals surface area contributed by atoms with Gasteiger partial charge in [-0.3, -0.25) is 9.59 Å². The van der Waals surface area contributed by atoms with E-state index in [0.29, 0.717) is 17.2 Å². The van der Waals surface area contributed by atoms with Crippen LogP contribution in [0.3, 0.4) is 0 Å². The Bertz CT molecular complexity index is 1120. The molecular formula is C25H23FN2O4. The number of hydrogen-bond donors (Lipinski definition) is 2. The Morgan fingerprint density at radius 2 is 1.66 bits per heavy atom. The Hall–Kier alpha value is -4.13. The number of methoxy groups -OCH3 is 2. The number of hydrogen-bond acceptors (Lipinski definition) is 4. The van der Waals surface area contributed by atoms with Crippen molar-refractivity contribution in [3.05, 3.63) is 95.3 Å². The number of ether oxygens (including phenoxy) is 2. The molecule has 0 unspecified atom stereocenters. The van der Waals surface area contributed by atoms with Crippen molar-refractivity contribution in [2.75, 3.05) is 19.5 Å². The maximum Gasteiger partial charge on any atom is 0.255 e. The first kappa shape index (κ1) is 22.6. The zero-order chi connectivity index (χ0) is 22.9. The SMILES string of the molecule is COc1cc(/C=C/C(=O)NCc2cccc(NC(=O)c3cccc(F)c3)c2)cc(OC)c1. The fourth-order valence-corrected chi connectivity index (χ4v) is 2.94. The summed E-state index contributed by atoms with van der Waals surface area (Å²) < 4.78 is 23.8. The first-order valence-corrected chi connectivity index (χ1v) is 9.81. The Morgan fingerprint density at radius 3 is 2.34 bits per heavy atom. The molecule has 0 saturated heterocycles. The van der Waals surface area contributed by atoms with Gasteiger partial charge in [0.25, 0.3) is 5.91 Å². The predicted molar refractivity (Wildman–Crippen MR) is 121 cm³/mol. The van der Waals surface area contributed by atoms with Gasteiger partial charge in [-0.25, -0.2) is 4.39 Å². The molecule has 0 aromatic heterocycles. The van der Waals surface area contributed by atoms with Crippen LogP contribution in [0.5, 0.6) is 11.5 Å². The van der Waals surface area contributed by atoms with Gasteiger partial charge in [-0.05, 0) is 59.7 Å². The van der Waals surface area contributed by atoms with E-state index in [1.54, 1.807) is 56.7 Å². The summed E-state index contributed by atoms with van der Waals surface area (Å²) >= 11 is 0. The summed E-state index contributed by atoms with van der Waals surface area (Å²) in [5, 5.41) is 5.52. The number of halogens is 1. The van der Waals surface area contributed by atoms with Crippen LogP contribution in [0.25, 0.3) is 6.08 Å². The van der Waals surface area contributed by atoms with Crippen molar-refractivity contribution in [1.82, 2.24) is 5.32 Å². The molecule has 3 aromatic carbocycles. The molecule has 3 aromatic rings. The normalized spacial score (nSPS) is 10.6. The average Bonchev–Trinajstić information content (AvgIpc) is 2.81. The molecule has 0 aliphatic rings. The lowest BCUT2D eigenvalue weighted by Crippen LogP contribution is -2.20. The van der Waals surface area contributed by atoms with Crippen molar-refractivity contribution < 1.29 is 23.5 Å². The molecule has 0 aliphatic heterocycles. The van der Waals surface area contributed by atoms with Gasteiger partial charge in [0, 0.05) is 29.9 Å². The van der Waals surface area contributed by atoms with Crippen molar-refractivity contribution >= 4 is 23.6 Å². The highest BCUT2D eigenvalue weighted by atomic mass is 19.1. The molecule has 0 bridgehead atoms. The molecule has 0 fully saturated rings. The molecule has 2 amide bonds. The average molecular weight is 434 g/mol. The van der Waals surface area contributed by atoms with Crippen LogP contribution in [0.1, 0.15) is 21.5 Å². The second kappa shape index (κ2) is 10.8. The van der Waals surface area contributed by atoms with Crippen molar-refractivity contribution in [3.8, 4) is 11.5 Å². The Labute approximate surface area is 185 Å². The van der Waals surface area contributed by atoms with E-state index in [4.69, 9.17) is 9.47 Å². The van der Waals surface area contributed by atoms with Crippen LogP contribution >= 0.6 is 0 Å². The lowest BCUT2D eigenvalue weighted by atomic mass is 10.1. The lowest BCUT2D eigenvalue weighted by molar-refractivity contribution is -0.116. The minimum Gasteiger partial charge on any atom is -0.497 e. The van der Waals surface area contributed by atoms with Gasteiger partial charge in [-0.2, -0.15) is 0 Å². The molecule has 0 atom stereocenters. The number of rotatable bonds is 8. The van der Waals surface area contributed by atoms with E-state index in [2.05, 4.69) is 10.6 Å². The maximum atomic E-state index is 13.3. The molecular weight excluding hydrogens is 411 g/mol. The molecule has 32 heavy (non-hydrogen) atoms. The second-order valence-corrected chi connectivity index (χ2v) is 6.86. The third kappa shape index (κ3) is 6.43. The summed E-state index contributed by atoms with van der Waals surface area (Å²) in [5.74, 6) is 0.0842. The predicted octanol–water partition coefficient (Wildman–Crippen LogP) is 4.42. The number of benzene rings is 3. The van der Waals surface area contributed by atoms with Crippen molar-refractivity contribution in [1.29, 1.82) is 0 Å². The van der Waals surface area contributed by atoms with Gasteiger partial charge in [-0.1, -0.05) is 18.2 Å². The number of carbonyl (C=O) groups is 2. The summed E-state index contributed by atoms with van der Waals surface area (Å²) in [4.78, 5) is 24.5. The summed E-state index contributed by atoms with van der Waals surface area (Å²) in [7, 11) is 3.12. The van der Waals surface area contributed by atoms with Crippen LogP contribution in [0, 0.1) is 5.82 Å². The molecule has 7 heteroatoms. The highest BCUT2D eigenvalue weighted by Crippen LogP contribution is 2.23. The van der Waals surface area contributed by atoms with E-state index in [1.165, 1.54) is 30.3 Å². The Kier molecular flexibility index (Phi) is 7.59. The van der Waals surface area contributed by atoms with Crippen LogP contribution in [0.2, 0.25) is 0 Å². The minimum atomic E-state index is -0.477. The van der Waals surface area contributed by atoms with Crippen LogP contribution in [0.4, 0.5) is 10.1 Å². The maximum absolute atomic E-state index is 13.3. The van der Waals surface area contributed by atoms with Crippen LogP contribution < -0.4 is 20.1 Å². The zero-order valence-corrected chi connectivity index (χ0v) is 17.7. The lowest BCUT2D eigenvalue weighted by Gasteiger charge is -2.08. The topological polar surface area (TPSA) is 76.7 Å². The van der Waals surface area contributed by atoms with E-state index >= 15 is 0 Å². The van der Waals surface area contributed by atoms with Gasteiger partial charge in [-0.15, -0.1) is 0 Å². The third-order valence-electron chi connectivity index (χ3n) is 4.54. The number of carbonyl (C=O) groups excluding carboxylic acids is 2. The number of nitrogens with one attached hydrogen (secondary N) is 2. The number of anilines is 1. The van der Waals surface area contributed by atoms with Crippen LogP contribution in [-0.4, -0.2) is 26.0 Å². The highest BCUT2D eigenvalue weighted by molar-refractivity contribution is 6.04. The summed E-state index contributed by atoms with van der Waals surface area (Å²) in [5.41, 5.74) is 2.33. The highest BCUT2D eigenvalue weighted by Gasteiger charge is 2.08. The minimum absolute atomic E-state index is 0.225. The molecule has 0 aliphatic carbocycles. The van der Waals surface area contributed by atoms with Gasteiger partial charge in [0.1, 0.15) is 17.3 Å². The van der Waals surface area contributed by atoms with Crippen molar-refractivity contribution in [2.24, 2.45) is 0 Å². The third-order valence-corrected chi connectivity index (χ3v) is 4.54. The molecule has 0 spiro atoms. The smallest absolute Gasteiger partial charge is 0.255 e. The van der Waals surface area contributed by atoms with Crippen molar-refractivity contribution in [3.63, 3.8) is 0 Å². The summed E-state index contributed by atoms with van der Waals surface area (Å²) in [6, 6.07) is 17.8. The largest absolute Gasteiger partial charge is 0.497 e. The van der Waals surface area contributed by atoms with E-state index in [9.17, 15) is 14.0 Å². The van der Waals surface area contributed by atoms with Gasteiger partial charge in [0.2, 0.25) is 5.91 Å². The zero-order valence-electron chi connectivity index (χ0n) is 17.7. The monoisotopic (exact) mass is 434 g/mol. The molecule has 3 rings (SSSR count).